The fraction of sp³-hybridized carbons (Fsp3) is 0.273. The molecule has 2 aromatic rings. The van der Waals surface area contributed by atoms with Crippen molar-refractivity contribution in [2.75, 3.05) is 0 Å². The molecule has 0 unspecified atom stereocenters. The van der Waals surface area contributed by atoms with Crippen LogP contribution in [0.3, 0.4) is 0 Å². The summed E-state index contributed by atoms with van der Waals surface area (Å²) >= 11 is 0. The summed E-state index contributed by atoms with van der Waals surface area (Å²) in [5.41, 5.74) is 8.92. The van der Waals surface area contributed by atoms with Gasteiger partial charge in [0.25, 0.3) is 0 Å². The van der Waals surface area contributed by atoms with Crippen LogP contribution in [0.15, 0.2) is 60.7 Å². The molecule has 0 bridgehead atoms. The summed E-state index contributed by atoms with van der Waals surface area (Å²) in [6, 6.07) is 13.8. The van der Waals surface area contributed by atoms with E-state index in [1.54, 1.807) is 0 Å². The molecule has 0 aromatic heterocycles. The highest BCUT2D eigenvalue weighted by Gasteiger charge is 2.27. The zero-order chi connectivity index (χ0) is 15.3. The monoisotopic (exact) mass is 286 g/mol. The highest BCUT2D eigenvalue weighted by Crippen LogP contribution is 2.43. The first-order chi connectivity index (χ1) is 10.5. The van der Waals surface area contributed by atoms with Crippen LogP contribution in [0.4, 0.5) is 0 Å². The number of hydrogen-bond acceptors (Lipinski definition) is 0. The first-order valence-corrected chi connectivity index (χ1v) is 8.14. The highest BCUT2D eigenvalue weighted by molar-refractivity contribution is 5.78. The molecule has 2 aliphatic carbocycles. The predicted octanol–water partition coefficient (Wildman–Crippen LogP) is 5.76. The van der Waals surface area contributed by atoms with E-state index in [0.29, 0.717) is 5.92 Å². The number of allylic oxidation sites excluding steroid dienone is 4. The van der Waals surface area contributed by atoms with E-state index in [-0.39, 0.29) is 5.41 Å². The minimum Gasteiger partial charge on any atom is -0.0732 e. The predicted molar refractivity (Wildman–Crippen MR) is 94.4 cm³/mol. The molecule has 110 valence electrons. The molecule has 22 heavy (non-hydrogen) atoms. The summed E-state index contributed by atoms with van der Waals surface area (Å²) in [7, 11) is 0. The van der Waals surface area contributed by atoms with E-state index in [9.17, 15) is 0 Å². The van der Waals surface area contributed by atoms with Crippen molar-refractivity contribution in [1.82, 2.24) is 0 Å². The van der Waals surface area contributed by atoms with Crippen LogP contribution in [-0.2, 0) is 11.8 Å². The zero-order valence-electron chi connectivity index (χ0n) is 13.6. The van der Waals surface area contributed by atoms with E-state index in [1.165, 1.54) is 33.4 Å². The highest BCUT2D eigenvalue weighted by atomic mass is 14.3. The number of rotatable bonds is 1. The third-order valence-corrected chi connectivity index (χ3v) is 4.88. The molecule has 0 spiro atoms. The van der Waals surface area contributed by atoms with Gasteiger partial charge in [0.1, 0.15) is 0 Å². The van der Waals surface area contributed by atoms with Crippen molar-refractivity contribution in [3.8, 4) is 11.1 Å². The van der Waals surface area contributed by atoms with Gasteiger partial charge in [-0.2, -0.15) is 0 Å². The molecule has 0 atom stereocenters. The van der Waals surface area contributed by atoms with Crippen molar-refractivity contribution < 1.29 is 0 Å². The molecule has 0 saturated heterocycles. The molecule has 0 N–H and O–H groups in total. The van der Waals surface area contributed by atoms with Crippen LogP contribution in [0.2, 0.25) is 0 Å². The van der Waals surface area contributed by atoms with Gasteiger partial charge in [-0.05, 0) is 45.2 Å². The van der Waals surface area contributed by atoms with E-state index in [4.69, 9.17) is 0 Å². The summed E-state index contributed by atoms with van der Waals surface area (Å²) in [5, 5.41) is 0. The zero-order valence-corrected chi connectivity index (χ0v) is 13.6. The second-order valence-electron chi connectivity index (χ2n) is 7.48. The Bertz CT molecular complexity index is 785. The second kappa shape index (κ2) is 4.71. The van der Waals surface area contributed by atoms with Crippen LogP contribution in [0.5, 0.6) is 0 Å². The van der Waals surface area contributed by atoms with Crippen molar-refractivity contribution in [2.45, 2.75) is 38.5 Å². The average molecular weight is 286 g/mol. The van der Waals surface area contributed by atoms with Gasteiger partial charge < -0.3 is 0 Å². The Morgan fingerprint density at radius 2 is 1.59 bits per heavy atom. The van der Waals surface area contributed by atoms with E-state index < -0.39 is 0 Å². The molecule has 0 nitrogen and oxygen atoms in total. The fourth-order valence-electron chi connectivity index (χ4n) is 3.77. The lowest BCUT2D eigenvalue weighted by molar-refractivity contribution is 0.582. The van der Waals surface area contributed by atoms with Gasteiger partial charge in [0.15, 0.2) is 0 Å². The Balaban J connectivity index is 1.94. The van der Waals surface area contributed by atoms with Gasteiger partial charge in [-0.1, -0.05) is 81.5 Å². The molecule has 0 amide bonds. The van der Waals surface area contributed by atoms with Gasteiger partial charge in [0, 0.05) is 5.92 Å². The van der Waals surface area contributed by atoms with E-state index in [2.05, 4.69) is 81.5 Å². The minimum absolute atomic E-state index is 0.159. The van der Waals surface area contributed by atoms with Gasteiger partial charge in [0.05, 0.1) is 0 Å². The maximum absolute atomic E-state index is 2.46. The molecule has 0 heteroatoms. The minimum atomic E-state index is 0.159. The SMILES string of the molecule is CC(C)(C)c1cc2c(cc1C1C=CC=C1)Cc1ccccc1-2. The van der Waals surface area contributed by atoms with Gasteiger partial charge in [-0.25, -0.2) is 0 Å². The third-order valence-electron chi connectivity index (χ3n) is 4.88. The summed E-state index contributed by atoms with van der Waals surface area (Å²) < 4.78 is 0. The maximum Gasteiger partial charge on any atom is 0.0207 e. The van der Waals surface area contributed by atoms with Crippen LogP contribution in [0.1, 0.15) is 48.9 Å². The lowest BCUT2D eigenvalue weighted by atomic mass is 9.78. The second-order valence-corrected chi connectivity index (χ2v) is 7.48. The molecule has 0 aliphatic heterocycles. The van der Waals surface area contributed by atoms with Crippen molar-refractivity contribution in [2.24, 2.45) is 0 Å². The Morgan fingerprint density at radius 1 is 0.864 bits per heavy atom. The summed E-state index contributed by atoms with van der Waals surface area (Å²) in [5.74, 6) is 0.434. The topological polar surface area (TPSA) is 0 Å². The first kappa shape index (κ1) is 13.6. The lowest BCUT2D eigenvalue weighted by Gasteiger charge is -2.26. The Hall–Kier alpha value is -2.08. The molecule has 0 saturated carbocycles. The number of fused-ring (bicyclic) bond motifs is 3. The third kappa shape index (κ3) is 2.06. The average Bonchev–Trinajstić information content (AvgIpc) is 3.12. The first-order valence-electron chi connectivity index (χ1n) is 8.14. The van der Waals surface area contributed by atoms with Crippen LogP contribution < -0.4 is 0 Å². The molecule has 4 rings (SSSR count). The van der Waals surface area contributed by atoms with Crippen molar-refractivity contribution in [3.63, 3.8) is 0 Å². The molecular formula is C22H22. The van der Waals surface area contributed by atoms with Crippen molar-refractivity contribution in [3.05, 3.63) is 83.0 Å². The fourth-order valence-corrected chi connectivity index (χ4v) is 3.77. The summed E-state index contributed by atoms with van der Waals surface area (Å²) in [6.07, 6.45) is 10.0. The summed E-state index contributed by atoms with van der Waals surface area (Å²) in [6.45, 7) is 6.96. The van der Waals surface area contributed by atoms with Crippen LogP contribution in [0, 0.1) is 0 Å². The van der Waals surface area contributed by atoms with E-state index >= 15 is 0 Å². The lowest BCUT2D eigenvalue weighted by Crippen LogP contribution is -2.15. The number of benzene rings is 2. The molecule has 0 heterocycles. The molecule has 0 fully saturated rings. The smallest absolute Gasteiger partial charge is 0.0207 e. The summed E-state index contributed by atoms with van der Waals surface area (Å²) in [4.78, 5) is 0. The van der Waals surface area contributed by atoms with Crippen LogP contribution >= 0.6 is 0 Å². The Kier molecular flexibility index (Phi) is 2.91. The maximum atomic E-state index is 2.46. The van der Waals surface area contributed by atoms with Crippen LogP contribution in [-0.4, -0.2) is 0 Å². The Labute approximate surface area is 133 Å². The molecule has 0 radical (unpaired) electrons. The standard InChI is InChI=1S/C22H22/c1-22(2,3)21-14-19-17(12-16-10-6-7-11-18(16)19)13-20(21)15-8-4-5-9-15/h4-11,13-15H,12H2,1-3H3. The van der Waals surface area contributed by atoms with Crippen LogP contribution in [0.25, 0.3) is 11.1 Å². The van der Waals surface area contributed by atoms with E-state index in [1.807, 2.05) is 0 Å². The normalized spacial score (nSPS) is 16.1. The quantitative estimate of drug-likeness (QED) is 0.533. The number of hydrogen-bond donors (Lipinski definition) is 0. The Morgan fingerprint density at radius 3 is 2.32 bits per heavy atom. The van der Waals surface area contributed by atoms with Gasteiger partial charge in [0.2, 0.25) is 0 Å². The molecule has 2 aromatic carbocycles. The van der Waals surface area contributed by atoms with Crippen molar-refractivity contribution >= 4 is 0 Å². The molecular weight excluding hydrogens is 264 g/mol. The van der Waals surface area contributed by atoms with Gasteiger partial charge >= 0.3 is 0 Å². The molecule has 2 aliphatic rings. The van der Waals surface area contributed by atoms with Gasteiger partial charge in [-0.15, -0.1) is 0 Å². The van der Waals surface area contributed by atoms with Crippen molar-refractivity contribution in [1.29, 1.82) is 0 Å². The van der Waals surface area contributed by atoms with E-state index in [0.717, 1.165) is 6.42 Å². The van der Waals surface area contributed by atoms with Gasteiger partial charge in [-0.3, -0.25) is 0 Å². The largest absolute Gasteiger partial charge is 0.0732 e.